The Bertz CT molecular complexity index is 1540. The van der Waals surface area contributed by atoms with Gasteiger partial charge in [0.1, 0.15) is 11.9 Å². The monoisotopic (exact) mass is 535 g/mol. The van der Waals surface area contributed by atoms with Crippen molar-refractivity contribution in [2.75, 3.05) is 18.4 Å². The van der Waals surface area contributed by atoms with Crippen LogP contribution in [0.1, 0.15) is 28.4 Å². The molecular weight excluding hydrogens is 511 g/mol. The normalized spacial score (nSPS) is 13.6. The highest BCUT2D eigenvalue weighted by molar-refractivity contribution is 6.04. The number of pyridine rings is 1. The molecule has 1 fully saturated rings. The van der Waals surface area contributed by atoms with Crippen molar-refractivity contribution >= 4 is 17.5 Å². The third-order valence-corrected chi connectivity index (χ3v) is 6.43. The van der Waals surface area contributed by atoms with Crippen LogP contribution >= 0.6 is 0 Å². The summed E-state index contributed by atoms with van der Waals surface area (Å²) in [5.74, 6) is -0.0280. The number of halogens is 3. The first-order valence-electron chi connectivity index (χ1n) is 12.1. The van der Waals surface area contributed by atoms with Gasteiger partial charge in [-0.1, -0.05) is 12.1 Å². The Morgan fingerprint density at radius 3 is 2.62 bits per heavy atom. The third kappa shape index (κ3) is 5.62. The van der Waals surface area contributed by atoms with Gasteiger partial charge in [0, 0.05) is 47.9 Å². The van der Waals surface area contributed by atoms with Crippen molar-refractivity contribution in [3.05, 3.63) is 90.0 Å². The molecule has 1 aliphatic rings. The van der Waals surface area contributed by atoms with E-state index >= 15 is 0 Å². The quantitative estimate of drug-likeness (QED) is 0.370. The average Bonchev–Trinajstić information content (AvgIpc) is 3.36. The van der Waals surface area contributed by atoms with E-state index in [0.29, 0.717) is 30.2 Å². The fourth-order valence-corrected chi connectivity index (χ4v) is 4.22. The minimum Gasteiger partial charge on any atom is -0.486 e. The summed E-state index contributed by atoms with van der Waals surface area (Å²) in [5.41, 5.74) is 2.43. The van der Waals surface area contributed by atoms with E-state index < -0.39 is 17.6 Å². The second-order valence-corrected chi connectivity index (χ2v) is 9.24. The number of anilines is 1. The van der Waals surface area contributed by atoms with Gasteiger partial charge in [0.25, 0.3) is 5.91 Å². The van der Waals surface area contributed by atoms with Crippen LogP contribution in [0.2, 0.25) is 0 Å². The highest BCUT2D eigenvalue weighted by Crippen LogP contribution is 2.32. The lowest BCUT2D eigenvalue weighted by Crippen LogP contribution is -2.55. The summed E-state index contributed by atoms with van der Waals surface area (Å²) < 4.78 is 46.9. The van der Waals surface area contributed by atoms with Gasteiger partial charge in [0.15, 0.2) is 0 Å². The number of ether oxygens (including phenoxy) is 1. The SMILES string of the molecule is CC(=O)N1CC(Oc2ccncc2-c2cnn(-c3cc(NC(=O)c4cccc(C(F)(F)F)c4)ccc3C)c2)C1. The van der Waals surface area contributed by atoms with E-state index in [1.54, 1.807) is 58.6 Å². The Morgan fingerprint density at radius 2 is 1.87 bits per heavy atom. The number of nitrogens with one attached hydrogen (secondary N) is 1. The molecule has 5 rings (SSSR count). The first kappa shape index (κ1) is 26.0. The summed E-state index contributed by atoms with van der Waals surface area (Å²) in [6.07, 6.45) is 2.12. The smallest absolute Gasteiger partial charge is 0.416 e. The van der Waals surface area contributed by atoms with Crippen LogP contribution < -0.4 is 10.1 Å². The van der Waals surface area contributed by atoms with Crippen molar-refractivity contribution in [2.45, 2.75) is 26.1 Å². The van der Waals surface area contributed by atoms with Gasteiger partial charge in [-0.15, -0.1) is 0 Å². The number of hydrogen-bond donors (Lipinski definition) is 1. The van der Waals surface area contributed by atoms with Crippen molar-refractivity contribution in [1.82, 2.24) is 19.7 Å². The Labute approximate surface area is 222 Å². The van der Waals surface area contributed by atoms with Gasteiger partial charge >= 0.3 is 6.18 Å². The van der Waals surface area contributed by atoms with Crippen LogP contribution in [0.25, 0.3) is 16.8 Å². The van der Waals surface area contributed by atoms with E-state index in [2.05, 4.69) is 15.4 Å². The van der Waals surface area contributed by atoms with Crippen LogP contribution in [0.4, 0.5) is 18.9 Å². The lowest BCUT2D eigenvalue weighted by molar-refractivity contribution is -0.138. The third-order valence-electron chi connectivity index (χ3n) is 6.43. The van der Waals surface area contributed by atoms with Crippen molar-refractivity contribution < 1.29 is 27.5 Å². The Morgan fingerprint density at radius 1 is 1.08 bits per heavy atom. The molecule has 2 aromatic carbocycles. The fraction of sp³-hybridized carbons (Fsp3) is 0.214. The zero-order valence-electron chi connectivity index (χ0n) is 21.1. The number of aromatic nitrogens is 3. The van der Waals surface area contributed by atoms with Gasteiger partial charge in [0.05, 0.1) is 30.5 Å². The zero-order chi connectivity index (χ0) is 27.7. The summed E-state index contributed by atoms with van der Waals surface area (Å²) in [4.78, 5) is 30.1. The first-order valence-corrected chi connectivity index (χ1v) is 12.1. The van der Waals surface area contributed by atoms with Gasteiger partial charge in [-0.05, 0) is 48.9 Å². The molecule has 39 heavy (non-hydrogen) atoms. The molecule has 0 bridgehead atoms. The van der Waals surface area contributed by atoms with E-state index in [4.69, 9.17) is 4.74 Å². The summed E-state index contributed by atoms with van der Waals surface area (Å²) in [6, 6.07) is 11.2. The lowest BCUT2D eigenvalue weighted by Gasteiger charge is -2.38. The van der Waals surface area contributed by atoms with Crippen LogP contribution in [0.3, 0.4) is 0 Å². The summed E-state index contributed by atoms with van der Waals surface area (Å²) >= 11 is 0. The number of aryl methyl sites for hydroxylation is 1. The molecule has 1 N–H and O–H groups in total. The fourth-order valence-electron chi connectivity index (χ4n) is 4.22. The van der Waals surface area contributed by atoms with E-state index in [0.717, 1.165) is 28.8 Å². The maximum absolute atomic E-state index is 13.1. The van der Waals surface area contributed by atoms with Gasteiger partial charge in [-0.3, -0.25) is 14.6 Å². The molecule has 1 aliphatic heterocycles. The van der Waals surface area contributed by atoms with E-state index in [9.17, 15) is 22.8 Å². The molecule has 8 nitrogen and oxygen atoms in total. The highest BCUT2D eigenvalue weighted by Gasteiger charge is 2.32. The van der Waals surface area contributed by atoms with Crippen LogP contribution in [0, 0.1) is 6.92 Å². The first-order chi connectivity index (χ1) is 18.6. The van der Waals surface area contributed by atoms with E-state index in [-0.39, 0.29) is 17.6 Å². The second kappa shape index (κ2) is 10.2. The number of rotatable bonds is 6. The van der Waals surface area contributed by atoms with Crippen molar-refractivity contribution in [1.29, 1.82) is 0 Å². The standard InChI is InChI=1S/C28H24F3N5O3/c1-17-6-7-22(34-27(38)19-4-3-5-21(10-19)28(29,30)31)11-25(17)36-14-20(12-33-36)24-13-32-9-8-26(24)39-23-15-35(16-23)18(2)37/h3-14,23H,15-16H2,1-2H3,(H,34,38). The van der Waals surface area contributed by atoms with Crippen LogP contribution in [-0.4, -0.2) is 50.7 Å². The molecule has 11 heteroatoms. The van der Waals surface area contributed by atoms with Gasteiger partial charge in [-0.25, -0.2) is 4.68 Å². The lowest BCUT2D eigenvalue weighted by atomic mass is 10.1. The average molecular weight is 536 g/mol. The van der Waals surface area contributed by atoms with Gasteiger partial charge < -0.3 is 15.0 Å². The molecule has 0 radical (unpaired) electrons. The number of amides is 2. The summed E-state index contributed by atoms with van der Waals surface area (Å²) in [7, 11) is 0. The van der Waals surface area contributed by atoms with Crippen molar-refractivity contribution in [3.63, 3.8) is 0 Å². The van der Waals surface area contributed by atoms with E-state index in [1.807, 2.05) is 6.92 Å². The highest BCUT2D eigenvalue weighted by atomic mass is 19.4. The van der Waals surface area contributed by atoms with Gasteiger partial charge in [0.2, 0.25) is 5.91 Å². The zero-order valence-corrected chi connectivity index (χ0v) is 21.1. The van der Waals surface area contributed by atoms with Crippen molar-refractivity contribution in [2.24, 2.45) is 0 Å². The molecule has 0 saturated carbocycles. The molecule has 0 unspecified atom stereocenters. The molecule has 1 saturated heterocycles. The maximum atomic E-state index is 13.1. The topological polar surface area (TPSA) is 89.3 Å². The molecule has 2 aromatic heterocycles. The molecule has 4 aromatic rings. The molecule has 0 aliphatic carbocycles. The Kier molecular flexibility index (Phi) is 6.81. The Balaban J connectivity index is 1.35. The largest absolute Gasteiger partial charge is 0.486 e. The molecule has 0 atom stereocenters. The minimum atomic E-state index is -4.54. The summed E-state index contributed by atoms with van der Waals surface area (Å²) in [5, 5.41) is 7.14. The number of nitrogens with zero attached hydrogens (tertiary/aromatic N) is 4. The van der Waals surface area contributed by atoms with Gasteiger partial charge in [-0.2, -0.15) is 18.3 Å². The number of carbonyl (C=O) groups excluding carboxylic acids is 2. The molecule has 3 heterocycles. The Hall–Kier alpha value is -4.67. The number of carbonyl (C=O) groups is 2. The number of hydrogen-bond acceptors (Lipinski definition) is 5. The van der Waals surface area contributed by atoms with Crippen LogP contribution in [-0.2, 0) is 11.0 Å². The minimum absolute atomic E-state index is 0.00898. The van der Waals surface area contributed by atoms with Crippen molar-refractivity contribution in [3.8, 4) is 22.6 Å². The maximum Gasteiger partial charge on any atom is 0.416 e. The van der Waals surface area contributed by atoms with Crippen LogP contribution in [0.15, 0.2) is 73.3 Å². The molecule has 0 spiro atoms. The predicted molar refractivity (Wildman–Crippen MR) is 138 cm³/mol. The van der Waals surface area contributed by atoms with Crippen LogP contribution in [0.5, 0.6) is 5.75 Å². The summed E-state index contributed by atoms with van der Waals surface area (Å²) in [6.45, 7) is 4.45. The number of benzene rings is 2. The second-order valence-electron chi connectivity index (χ2n) is 9.24. The molecular formula is C28H24F3N5O3. The van der Waals surface area contributed by atoms with E-state index in [1.165, 1.54) is 19.1 Å². The molecule has 200 valence electrons. The molecule has 2 amide bonds. The number of alkyl halides is 3. The number of likely N-dealkylation sites (tertiary alicyclic amines) is 1. The predicted octanol–water partition coefficient (Wildman–Crippen LogP) is 5.12.